The second kappa shape index (κ2) is 5.00. The zero-order valence-corrected chi connectivity index (χ0v) is 12.1. The minimum atomic E-state index is -2.40. The second-order valence-corrected chi connectivity index (χ2v) is 6.55. The Morgan fingerprint density at radius 2 is 1.84 bits per heavy atom. The Bertz CT molecular complexity index is 349. The average Bonchev–Trinajstić information content (AvgIpc) is 2.95. The third-order valence-corrected chi connectivity index (χ3v) is 4.63. The molecule has 1 atom stereocenters. The highest BCUT2D eigenvalue weighted by Crippen LogP contribution is 2.50. The normalized spacial score (nSPS) is 29.0. The molecule has 0 aromatic rings. The number of amides is 1. The van der Waals surface area contributed by atoms with Gasteiger partial charge < -0.3 is 9.80 Å². The second-order valence-electron chi connectivity index (χ2n) is 6.55. The van der Waals surface area contributed by atoms with Gasteiger partial charge in [-0.3, -0.25) is 4.79 Å². The maximum absolute atomic E-state index is 12.8. The Morgan fingerprint density at radius 1 is 1.32 bits per heavy atom. The molecule has 2 rings (SSSR count). The molecule has 0 bridgehead atoms. The topological polar surface area (TPSA) is 23.6 Å². The number of hydrogen-bond donors (Lipinski definition) is 0. The maximum Gasteiger partial charge on any atom is 0.251 e. The van der Waals surface area contributed by atoms with Crippen LogP contribution in [0.2, 0.25) is 0 Å². The van der Waals surface area contributed by atoms with E-state index in [1.54, 1.807) is 19.0 Å². The van der Waals surface area contributed by atoms with Gasteiger partial charge in [-0.1, -0.05) is 6.92 Å². The van der Waals surface area contributed by atoms with Gasteiger partial charge in [0.05, 0.1) is 0 Å². The van der Waals surface area contributed by atoms with Crippen molar-refractivity contribution in [1.82, 2.24) is 9.80 Å². The van der Waals surface area contributed by atoms with Crippen molar-refractivity contribution in [3.8, 4) is 0 Å². The van der Waals surface area contributed by atoms with Gasteiger partial charge >= 0.3 is 0 Å². The molecule has 1 saturated heterocycles. The molecular formula is C14H24F2N2O. The fourth-order valence-corrected chi connectivity index (χ4v) is 2.95. The molecule has 2 fully saturated rings. The van der Waals surface area contributed by atoms with Crippen LogP contribution in [0.15, 0.2) is 0 Å². The molecule has 5 heteroatoms. The van der Waals surface area contributed by atoms with E-state index in [9.17, 15) is 13.6 Å². The summed E-state index contributed by atoms with van der Waals surface area (Å²) in [6.45, 7) is 4.44. The van der Waals surface area contributed by atoms with Crippen molar-refractivity contribution in [2.45, 2.75) is 38.5 Å². The van der Waals surface area contributed by atoms with Crippen molar-refractivity contribution in [3.05, 3.63) is 0 Å². The van der Waals surface area contributed by atoms with Gasteiger partial charge in [-0.15, -0.1) is 0 Å². The van der Waals surface area contributed by atoms with Crippen LogP contribution in [0.4, 0.5) is 8.78 Å². The third-order valence-electron chi connectivity index (χ3n) is 4.63. The third kappa shape index (κ3) is 3.25. The minimum absolute atomic E-state index is 0.0671. The molecule has 1 heterocycles. The van der Waals surface area contributed by atoms with E-state index in [4.69, 9.17) is 0 Å². The first-order chi connectivity index (χ1) is 8.74. The van der Waals surface area contributed by atoms with E-state index in [2.05, 4.69) is 4.90 Å². The summed E-state index contributed by atoms with van der Waals surface area (Å²) in [7, 11) is 3.57. The lowest BCUT2D eigenvalue weighted by Crippen LogP contribution is -2.47. The molecule has 0 spiro atoms. The largest absolute Gasteiger partial charge is 0.348 e. The highest BCUT2D eigenvalue weighted by atomic mass is 19.3. The molecule has 1 aliphatic heterocycles. The van der Waals surface area contributed by atoms with Crippen LogP contribution >= 0.6 is 0 Å². The van der Waals surface area contributed by atoms with Gasteiger partial charge in [0, 0.05) is 31.8 Å². The monoisotopic (exact) mass is 274 g/mol. The lowest BCUT2D eigenvalue weighted by atomic mass is 9.79. The van der Waals surface area contributed by atoms with Crippen LogP contribution in [0, 0.1) is 11.3 Å². The molecule has 1 saturated carbocycles. The number of hydrogen-bond acceptors (Lipinski definition) is 2. The summed E-state index contributed by atoms with van der Waals surface area (Å²) in [6.07, 6.45) is 2.30. The minimum Gasteiger partial charge on any atom is -0.348 e. The van der Waals surface area contributed by atoms with E-state index in [0.717, 1.165) is 32.5 Å². The van der Waals surface area contributed by atoms with E-state index in [-0.39, 0.29) is 17.7 Å². The van der Waals surface area contributed by atoms with Crippen LogP contribution < -0.4 is 0 Å². The number of piperidine rings is 1. The molecule has 110 valence electrons. The molecule has 0 aromatic carbocycles. The lowest BCUT2D eigenvalue weighted by molar-refractivity contribution is -0.141. The summed E-state index contributed by atoms with van der Waals surface area (Å²) in [4.78, 5) is 16.0. The van der Waals surface area contributed by atoms with Crippen LogP contribution in [0.3, 0.4) is 0 Å². The molecule has 0 unspecified atom stereocenters. The highest BCUT2D eigenvalue weighted by Gasteiger charge is 2.56. The van der Waals surface area contributed by atoms with Crippen LogP contribution in [-0.4, -0.2) is 55.4 Å². The van der Waals surface area contributed by atoms with E-state index in [1.165, 1.54) is 0 Å². The van der Waals surface area contributed by atoms with Crippen LogP contribution in [0.5, 0.6) is 0 Å². The summed E-state index contributed by atoms with van der Waals surface area (Å²) in [5.41, 5.74) is -0.274. The number of halogens is 2. The van der Waals surface area contributed by atoms with Gasteiger partial charge in [0.25, 0.3) is 5.92 Å². The molecule has 0 N–H and O–H groups in total. The number of rotatable bonds is 4. The van der Waals surface area contributed by atoms with Gasteiger partial charge in [0.2, 0.25) is 5.91 Å². The SMILES string of the molecule is CN(C)C(=O)C1(C)CCN(CC[C@H]2CC2(F)F)CC1. The zero-order valence-electron chi connectivity index (χ0n) is 12.1. The first kappa shape index (κ1) is 14.7. The highest BCUT2D eigenvalue weighted by molar-refractivity contribution is 5.82. The number of nitrogens with zero attached hydrogens (tertiary/aromatic N) is 2. The first-order valence-corrected chi connectivity index (χ1v) is 7.06. The molecule has 19 heavy (non-hydrogen) atoms. The molecule has 1 aliphatic carbocycles. The van der Waals surface area contributed by atoms with Crippen LogP contribution in [0.1, 0.15) is 32.6 Å². The van der Waals surface area contributed by atoms with Crippen LogP contribution in [-0.2, 0) is 4.79 Å². The van der Waals surface area contributed by atoms with Crippen molar-refractivity contribution < 1.29 is 13.6 Å². The van der Waals surface area contributed by atoms with E-state index in [1.807, 2.05) is 6.92 Å². The van der Waals surface area contributed by atoms with Gasteiger partial charge in [-0.2, -0.15) is 0 Å². The Labute approximate surface area is 113 Å². The first-order valence-electron chi connectivity index (χ1n) is 7.06. The number of carbonyl (C=O) groups is 1. The van der Waals surface area contributed by atoms with E-state index < -0.39 is 11.8 Å². The van der Waals surface area contributed by atoms with Crippen molar-refractivity contribution >= 4 is 5.91 Å². The van der Waals surface area contributed by atoms with Gasteiger partial charge in [-0.05, 0) is 38.9 Å². The zero-order chi connectivity index (χ0) is 14.3. The number of alkyl halides is 2. The quantitative estimate of drug-likeness (QED) is 0.785. The van der Waals surface area contributed by atoms with Crippen molar-refractivity contribution in [1.29, 1.82) is 0 Å². The van der Waals surface area contributed by atoms with Crippen molar-refractivity contribution in [2.75, 3.05) is 33.7 Å². The molecular weight excluding hydrogens is 250 g/mol. The lowest BCUT2D eigenvalue weighted by Gasteiger charge is -2.39. The van der Waals surface area contributed by atoms with Crippen molar-refractivity contribution in [2.24, 2.45) is 11.3 Å². The number of likely N-dealkylation sites (tertiary alicyclic amines) is 1. The fraction of sp³-hybridized carbons (Fsp3) is 0.929. The van der Waals surface area contributed by atoms with E-state index in [0.29, 0.717) is 6.42 Å². The molecule has 3 nitrogen and oxygen atoms in total. The Kier molecular flexibility index (Phi) is 3.87. The van der Waals surface area contributed by atoms with Crippen molar-refractivity contribution in [3.63, 3.8) is 0 Å². The summed E-state index contributed by atoms with van der Waals surface area (Å²) < 4.78 is 25.6. The fourth-order valence-electron chi connectivity index (χ4n) is 2.95. The molecule has 0 radical (unpaired) electrons. The smallest absolute Gasteiger partial charge is 0.251 e. The number of carbonyl (C=O) groups excluding carboxylic acids is 1. The summed E-state index contributed by atoms with van der Waals surface area (Å²) in [5.74, 6) is -2.62. The Morgan fingerprint density at radius 3 is 2.26 bits per heavy atom. The van der Waals surface area contributed by atoms with Gasteiger partial charge in [0.15, 0.2) is 0 Å². The molecule has 2 aliphatic rings. The predicted molar refractivity (Wildman–Crippen MR) is 70.1 cm³/mol. The standard InChI is InChI=1S/C14H24F2N2O/c1-13(12(19)17(2)3)5-8-18(9-6-13)7-4-11-10-14(11,15)16/h11H,4-10H2,1-3H3/t11-/m0/s1. The summed E-state index contributed by atoms with van der Waals surface area (Å²) in [6, 6.07) is 0. The van der Waals surface area contributed by atoms with Crippen LogP contribution in [0.25, 0.3) is 0 Å². The predicted octanol–water partition coefficient (Wildman–Crippen LogP) is 2.22. The molecule has 0 aromatic heterocycles. The van der Waals surface area contributed by atoms with Gasteiger partial charge in [-0.25, -0.2) is 8.78 Å². The van der Waals surface area contributed by atoms with E-state index >= 15 is 0 Å². The molecule has 1 amide bonds. The summed E-state index contributed by atoms with van der Waals surface area (Å²) in [5, 5.41) is 0. The summed E-state index contributed by atoms with van der Waals surface area (Å²) >= 11 is 0. The Hall–Kier alpha value is -0.710. The average molecular weight is 274 g/mol. The van der Waals surface area contributed by atoms with Gasteiger partial charge in [0.1, 0.15) is 0 Å². The Balaban J connectivity index is 1.75. The maximum atomic E-state index is 12.8.